The standard InChI is InChI=1S/C17H17BrN6O2/c1-2-15-19-16(26-21-15)14-10-24(22-20-14)13-6-7-23(9-13)17(25)11-4-3-5-12(18)8-11/h3-5,8,10,13H,2,6-7,9H2,1H3/t13-/m0/s1. The van der Waals surface area contributed by atoms with Crippen LogP contribution >= 0.6 is 15.9 Å². The lowest BCUT2D eigenvalue weighted by Crippen LogP contribution is -2.29. The van der Waals surface area contributed by atoms with Gasteiger partial charge in [0.1, 0.15) is 0 Å². The molecule has 0 N–H and O–H groups in total. The van der Waals surface area contributed by atoms with Crippen molar-refractivity contribution in [3.05, 3.63) is 46.3 Å². The van der Waals surface area contributed by atoms with E-state index in [2.05, 4.69) is 36.4 Å². The molecule has 0 spiro atoms. The second kappa shape index (κ2) is 6.99. The molecule has 1 aromatic carbocycles. The first-order valence-corrected chi connectivity index (χ1v) is 9.23. The molecule has 1 aliphatic heterocycles. The quantitative estimate of drug-likeness (QED) is 0.649. The first-order valence-electron chi connectivity index (χ1n) is 8.43. The van der Waals surface area contributed by atoms with E-state index in [0.29, 0.717) is 42.5 Å². The molecule has 1 fully saturated rings. The molecule has 0 aliphatic carbocycles. The number of carbonyl (C=O) groups is 1. The van der Waals surface area contributed by atoms with Crippen LogP contribution in [0.25, 0.3) is 11.6 Å². The Kier molecular flexibility index (Phi) is 4.54. The van der Waals surface area contributed by atoms with E-state index in [4.69, 9.17) is 4.52 Å². The van der Waals surface area contributed by atoms with Gasteiger partial charge >= 0.3 is 0 Å². The van der Waals surface area contributed by atoms with Crippen molar-refractivity contribution in [2.24, 2.45) is 0 Å². The largest absolute Gasteiger partial charge is 0.336 e. The number of nitrogens with zero attached hydrogens (tertiary/aromatic N) is 6. The summed E-state index contributed by atoms with van der Waals surface area (Å²) >= 11 is 3.41. The number of aryl methyl sites for hydroxylation is 1. The van der Waals surface area contributed by atoms with Gasteiger partial charge in [0.25, 0.3) is 11.8 Å². The number of likely N-dealkylation sites (tertiary alicyclic amines) is 1. The van der Waals surface area contributed by atoms with Crippen LogP contribution in [0.5, 0.6) is 0 Å². The summed E-state index contributed by atoms with van der Waals surface area (Å²) in [6.07, 6.45) is 3.32. The van der Waals surface area contributed by atoms with Crippen LogP contribution in [0.2, 0.25) is 0 Å². The highest BCUT2D eigenvalue weighted by molar-refractivity contribution is 9.10. The minimum atomic E-state index is 0.0265. The lowest BCUT2D eigenvalue weighted by molar-refractivity contribution is 0.0787. The number of halogens is 1. The molecule has 26 heavy (non-hydrogen) atoms. The topological polar surface area (TPSA) is 89.9 Å². The van der Waals surface area contributed by atoms with Gasteiger partial charge in [-0.1, -0.05) is 39.3 Å². The fourth-order valence-corrected chi connectivity index (χ4v) is 3.40. The molecule has 134 valence electrons. The smallest absolute Gasteiger partial charge is 0.280 e. The van der Waals surface area contributed by atoms with Gasteiger partial charge in [-0.15, -0.1) is 5.10 Å². The first-order chi connectivity index (χ1) is 12.6. The molecule has 1 amide bonds. The summed E-state index contributed by atoms with van der Waals surface area (Å²) in [6.45, 7) is 3.24. The van der Waals surface area contributed by atoms with Gasteiger partial charge in [-0.3, -0.25) is 4.79 Å². The maximum absolute atomic E-state index is 12.7. The Morgan fingerprint density at radius 2 is 2.31 bits per heavy atom. The Bertz CT molecular complexity index is 937. The lowest BCUT2D eigenvalue weighted by Gasteiger charge is -2.16. The number of aromatic nitrogens is 5. The van der Waals surface area contributed by atoms with Crippen LogP contribution in [-0.2, 0) is 6.42 Å². The Balaban J connectivity index is 1.46. The molecule has 1 atom stereocenters. The molecule has 3 aromatic rings. The molecule has 4 rings (SSSR count). The predicted octanol–water partition coefficient (Wildman–Crippen LogP) is 2.74. The molecule has 9 heteroatoms. The van der Waals surface area contributed by atoms with Gasteiger partial charge < -0.3 is 9.42 Å². The zero-order chi connectivity index (χ0) is 18.1. The summed E-state index contributed by atoms with van der Waals surface area (Å²) in [5.74, 6) is 1.04. The van der Waals surface area contributed by atoms with Crippen LogP contribution in [0.4, 0.5) is 0 Å². The molecule has 0 bridgehead atoms. The fourth-order valence-electron chi connectivity index (χ4n) is 3.00. The Morgan fingerprint density at radius 3 is 3.08 bits per heavy atom. The molecule has 1 aliphatic rings. The average Bonchev–Trinajstić information content (AvgIpc) is 3.39. The second-order valence-corrected chi connectivity index (χ2v) is 7.07. The Hall–Kier alpha value is -2.55. The zero-order valence-corrected chi connectivity index (χ0v) is 15.8. The van der Waals surface area contributed by atoms with Crippen molar-refractivity contribution in [3.63, 3.8) is 0 Å². The van der Waals surface area contributed by atoms with Crippen molar-refractivity contribution in [2.75, 3.05) is 13.1 Å². The third-order valence-electron chi connectivity index (χ3n) is 4.41. The summed E-state index contributed by atoms with van der Waals surface area (Å²) in [5.41, 5.74) is 1.23. The molecule has 8 nitrogen and oxygen atoms in total. The predicted molar refractivity (Wildman–Crippen MR) is 96.4 cm³/mol. The molecule has 0 unspecified atom stereocenters. The molecule has 2 aromatic heterocycles. The summed E-state index contributed by atoms with van der Waals surface area (Å²) in [7, 11) is 0. The molecule has 3 heterocycles. The molecule has 0 radical (unpaired) electrons. The molecule has 0 saturated carbocycles. The summed E-state index contributed by atoms with van der Waals surface area (Å²) in [4.78, 5) is 18.8. The van der Waals surface area contributed by atoms with Gasteiger partial charge in [-0.2, -0.15) is 4.98 Å². The van der Waals surface area contributed by atoms with Crippen LogP contribution < -0.4 is 0 Å². The summed E-state index contributed by atoms with van der Waals surface area (Å²) < 4.78 is 7.87. The van der Waals surface area contributed by atoms with Gasteiger partial charge in [0, 0.05) is 29.5 Å². The van der Waals surface area contributed by atoms with Crippen molar-refractivity contribution in [1.29, 1.82) is 0 Å². The van der Waals surface area contributed by atoms with E-state index in [-0.39, 0.29) is 11.9 Å². The van der Waals surface area contributed by atoms with Crippen LogP contribution in [0.3, 0.4) is 0 Å². The minimum absolute atomic E-state index is 0.0265. The van der Waals surface area contributed by atoms with E-state index in [1.54, 1.807) is 10.9 Å². The minimum Gasteiger partial charge on any atom is -0.336 e. The Labute approximate surface area is 158 Å². The lowest BCUT2D eigenvalue weighted by atomic mass is 10.2. The molecular formula is C17H17BrN6O2. The van der Waals surface area contributed by atoms with Crippen LogP contribution in [0.15, 0.2) is 39.5 Å². The number of hydrogen-bond donors (Lipinski definition) is 0. The fraction of sp³-hybridized carbons (Fsp3) is 0.353. The highest BCUT2D eigenvalue weighted by Crippen LogP contribution is 2.25. The number of carbonyl (C=O) groups excluding carboxylic acids is 1. The number of hydrogen-bond acceptors (Lipinski definition) is 6. The van der Waals surface area contributed by atoms with E-state index in [0.717, 1.165) is 10.9 Å². The van der Waals surface area contributed by atoms with E-state index >= 15 is 0 Å². The highest BCUT2D eigenvalue weighted by atomic mass is 79.9. The average molecular weight is 417 g/mol. The van der Waals surface area contributed by atoms with Gasteiger partial charge in [0.05, 0.1) is 12.2 Å². The van der Waals surface area contributed by atoms with Gasteiger partial charge in [0.2, 0.25) is 0 Å². The van der Waals surface area contributed by atoms with Crippen LogP contribution in [-0.4, -0.2) is 49.0 Å². The second-order valence-electron chi connectivity index (χ2n) is 6.16. The number of amides is 1. The van der Waals surface area contributed by atoms with Crippen molar-refractivity contribution in [3.8, 4) is 11.6 Å². The zero-order valence-electron chi connectivity index (χ0n) is 14.2. The van der Waals surface area contributed by atoms with Crippen molar-refractivity contribution in [1.82, 2.24) is 30.0 Å². The number of benzene rings is 1. The third kappa shape index (κ3) is 3.26. The highest BCUT2D eigenvalue weighted by Gasteiger charge is 2.29. The summed E-state index contributed by atoms with van der Waals surface area (Å²) in [5, 5.41) is 12.2. The van der Waals surface area contributed by atoms with E-state index in [1.807, 2.05) is 36.1 Å². The maximum atomic E-state index is 12.7. The van der Waals surface area contributed by atoms with E-state index in [1.165, 1.54) is 0 Å². The normalized spacial score (nSPS) is 17.0. The summed E-state index contributed by atoms with van der Waals surface area (Å²) in [6, 6.07) is 7.52. The van der Waals surface area contributed by atoms with Gasteiger partial charge in [-0.25, -0.2) is 4.68 Å². The van der Waals surface area contributed by atoms with Crippen molar-refractivity contribution >= 4 is 21.8 Å². The first kappa shape index (κ1) is 16.9. The monoisotopic (exact) mass is 416 g/mol. The Morgan fingerprint density at radius 1 is 1.42 bits per heavy atom. The maximum Gasteiger partial charge on any atom is 0.280 e. The van der Waals surface area contributed by atoms with E-state index in [9.17, 15) is 4.79 Å². The van der Waals surface area contributed by atoms with Crippen LogP contribution in [0.1, 0.15) is 35.6 Å². The van der Waals surface area contributed by atoms with Crippen LogP contribution in [0, 0.1) is 0 Å². The molecular weight excluding hydrogens is 400 g/mol. The number of rotatable bonds is 4. The molecule has 1 saturated heterocycles. The SMILES string of the molecule is CCc1noc(-c2cn([C@H]3CCN(C(=O)c4cccc(Br)c4)C3)nn2)n1. The van der Waals surface area contributed by atoms with E-state index < -0.39 is 0 Å². The third-order valence-corrected chi connectivity index (χ3v) is 4.90. The van der Waals surface area contributed by atoms with Gasteiger partial charge in [0.15, 0.2) is 11.5 Å². The van der Waals surface area contributed by atoms with Gasteiger partial charge in [-0.05, 0) is 24.6 Å². The van der Waals surface area contributed by atoms with Crippen molar-refractivity contribution < 1.29 is 9.32 Å². The van der Waals surface area contributed by atoms with Crippen molar-refractivity contribution in [2.45, 2.75) is 25.8 Å².